The molecule has 0 aromatic heterocycles. The van der Waals surface area contributed by atoms with Gasteiger partial charge in [-0.15, -0.1) is 0 Å². The smallest absolute Gasteiger partial charge is 0.340 e. The van der Waals surface area contributed by atoms with Gasteiger partial charge in [-0.1, -0.05) is 29.8 Å². The molecule has 2 aromatic carbocycles. The van der Waals surface area contributed by atoms with Crippen LogP contribution < -0.4 is 4.74 Å². The maximum atomic E-state index is 11.9. The maximum Gasteiger partial charge on any atom is 0.340 e. The van der Waals surface area contributed by atoms with Gasteiger partial charge in [-0.05, 0) is 24.6 Å². The molecular formula is C16H14ClNO5. The largest absolute Gasteiger partial charge is 0.490 e. The summed E-state index contributed by atoms with van der Waals surface area (Å²) in [6, 6.07) is 11.1. The lowest BCUT2D eigenvalue weighted by Gasteiger charge is -2.09. The zero-order chi connectivity index (χ0) is 16.8. The molecule has 7 heteroatoms. The van der Waals surface area contributed by atoms with Crippen molar-refractivity contribution < 1.29 is 19.2 Å². The number of non-ortho nitro benzene ring substituents is 1. The Hall–Kier alpha value is -2.60. The van der Waals surface area contributed by atoms with Gasteiger partial charge in [-0.25, -0.2) is 4.79 Å². The molecule has 23 heavy (non-hydrogen) atoms. The molecule has 0 aliphatic carbocycles. The predicted octanol–water partition coefficient (Wildman–Crippen LogP) is 3.79. The number of carbonyl (C=O) groups excluding carboxylic acids is 1. The van der Waals surface area contributed by atoms with E-state index >= 15 is 0 Å². The highest BCUT2D eigenvalue weighted by Crippen LogP contribution is 2.23. The number of benzene rings is 2. The van der Waals surface area contributed by atoms with Gasteiger partial charge in [0.25, 0.3) is 5.69 Å². The van der Waals surface area contributed by atoms with E-state index in [2.05, 4.69) is 0 Å². The number of hydrogen-bond acceptors (Lipinski definition) is 5. The van der Waals surface area contributed by atoms with Crippen LogP contribution in [0.2, 0.25) is 5.02 Å². The summed E-state index contributed by atoms with van der Waals surface area (Å²) in [6.07, 6.45) is 0. The van der Waals surface area contributed by atoms with Crippen LogP contribution in [0.25, 0.3) is 0 Å². The van der Waals surface area contributed by atoms with Crippen molar-refractivity contribution in [2.24, 2.45) is 0 Å². The van der Waals surface area contributed by atoms with Crippen molar-refractivity contribution in [2.45, 2.75) is 6.92 Å². The first-order chi connectivity index (χ1) is 11.0. The van der Waals surface area contributed by atoms with Crippen LogP contribution in [-0.4, -0.2) is 24.1 Å². The first-order valence-corrected chi connectivity index (χ1v) is 7.16. The Bertz CT molecular complexity index is 732. The topological polar surface area (TPSA) is 78.7 Å². The highest BCUT2D eigenvalue weighted by atomic mass is 35.5. The fraction of sp³-hybridized carbons (Fsp3) is 0.188. The van der Waals surface area contributed by atoms with Crippen LogP contribution in [0.1, 0.15) is 15.9 Å². The molecule has 0 atom stereocenters. The second kappa shape index (κ2) is 7.60. The van der Waals surface area contributed by atoms with Gasteiger partial charge in [-0.2, -0.15) is 0 Å². The molecule has 0 saturated heterocycles. The quantitative estimate of drug-likeness (QED) is 0.347. The predicted molar refractivity (Wildman–Crippen MR) is 85.1 cm³/mol. The zero-order valence-corrected chi connectivity index (χ0v) is 13.1. The van der Waals surface area contributed by atoms with Crippen LogP contribution in [-0.2, 0) is 4.74 Å². The minimum atomic E-state index is -0.730. The van der Waals surface area contributed by atoms with Gasteiger partial charge < -0.3 is 9.47 Å². The van der Waals surface area contributed by atoms with Crippen molar-refractivity contribution in [3.8, 4) is 5.75 Å². The number of nitro groups is 1. The average molecular weight is 336 g/mol. The third-order valence-corrected chi connectivity index (χ3v) is 3.38. The summed E-state index contributed by atoms with van der Waals surface area (Å²) < 4.78 is 10.5. The molecule has 0 heterocycles. The lowest BCUT2D eigenvalue weighted by molar-refractivity contribution is -0.384. The Labute approximate surface area is 137 Å². The van der Waals surface area contributed by atoms with E-state index in [0.717, 1.165) is 11.6 Å². The van der Waals surface area contributed by atoms with Gasteiger partial charge in [0.2, 0.25) is 0 Å². The monoisotopic (exact) mass is 335 g/mol. The standard InChI is InChI=1S/C16H14ClNO5/c1-11-4-2-3-5-15(11)22-8-9-23-16(19)13-10-12(18(20)21)6-7-14(13)17/h2-7,10H,8-9H2,1H3. The highest BCUT2D eigenvalue weighted by molar-refractivity contribution is 6.33. The molecule has 6 nitrogen and oxygen atoms in total. The van der Waals surface area contributed by atoms with E-state index in [-0.39, 0.29) is 29.5 Å². The number of carbonyl (C=O) groups is 1. The van der Waals surface area contributed by atoms with Gasteiger partial charge >= 0.3 is 5.97 Å². The first-order valence-electron chi connectivity index (χ1n) is 6.78. The Balaban J connectivity index is 1.91. The number of para-hydroxylation sites is 1. The lowest BCUT2D eigenvalue weighted by atomic mass is 10.2. The van der Waals surface area contributed by atoms with Crippen LogP contribution in [0, 0.1) is 17.0 Å². The number of aryl methyl sites for hydroxylation is 1. The van der Waals surface area contributed by atoms with Crippen LogP contribution in [0.5, 0.6) is 5.75 Å². The molecule has 0 amide bonds. The minimum absolute atomic E-state index is 0.00614. The third kappa shape index (κ3) is 4.43. The van der Waals surface area contributed by atoms with Crippen LogP contribution in [0.4, 0.5) is 5.69 Å². The van der Waals surface area contributed by atoms with Gasteiger partial charge in [-0.3, -0.25) is 10.1 Å². The Morgan fingerprint density at radius 1 is 1.22 bits per heavy atom. The van der Waals surface area contributed by atoms with E-state index in [1.165, 1.54) is 12.1 Å². The number of halogens is 1. The SMILES string of the molecule is Cc1ccccc1OCCOC(=O)c1cc([N+](=O)[O-])ccc1Cl. The summed E-state index contributed by atoms with van der Waals surface area (Å²) in [6.45, 7) is 2.08. The molecule has 0 fully saturated rings. The Morgan fingerprint density at radius 3 is 2.65 bits per heavy atom. The van der Waals surface area contributed by atoms with E-state index in [4.69, 9.17) is 21.1 Å². The van der Waals surface area contributed by atoms with Crippen molar-refractivity contribution in [1.29, 1.82) is 0 Å². The van der Waals surface area contributed by atoms with Crippen LogP contribution in [0.15, 0.2) is 42.5 Å². The molecular weight excluding hydrogens is 322 g/mol. The first kappa shape index (κ1) is 16.8. The summed E-state index contributed by atoms with van der Waals surface area (Å²) in [5.74, 6) is -0.0241. The molecule has 0 aliphatic rings. The van der Waals surface area contributed by atoms with Crippen molar-refractivity contribution in [1.82, 2.24) is 0 Å². The van der Waals surface area contributed by atoms with Crippen LogP contribution >= 0.6 is 11.6 Å². The number of ether oxygens (including phenoxy) is 2. The van der Waals surface area contributed by atoms with Crippen molar-refractivity contribution in [3.63, 3.8) is 0 Å². The molecule has 0 aliphatic heterocycles. The third-order valence-electron chi connectivity index (χ3n) is 3.05. The van der Waals surface area contributed by atoms with Gasteiger partial charge in [0.05, 0.1) is 15.5 Å². The van der Waals surface area contributed by atoms with E-state index in [1.54, 1.807) is 0 Å². The number of nitrogens with zero attached hydrogens (tertiary/aromatic N) is 1. The molecule has 2 rings (SSSR count). The van der Waals surface area contributed by atoms with E-state index < -0.39 is 10.9 Å². The number of esters is 1. The van der Waals surface area contributed by atoms with Gasteiger partial charge in [0.15, 0.2) is 0 Å². The number of hydrogen-bond donors (Lipinski definition) is 0. The Morgan fingerprint density at radius 2 is 1.96 bits per heavy atom. The second-order valence-corrected chi connectivity index (χ2v) is 5.08. The summed E-state index contributed by atoms with van der Waals surface area (Å²) >= 11 is 5.87. The molecule has 0 unspecified atom stereocenters. The van der Waals surface area contributed by atoms with Gasteiger partial charge in [0.1, 0.15) is 19.0 Å². The maximum absolute atomic E-state index is 11.9. The highest BCUT2D eigenvalue weighted by Gasteiger charge is 2.17. The van der Waals surface area contributed by atoms with E-state index in [9.17, 15) is 14.9 Å². The number of rotatable bonds is 6. The summed E-state index contributed by atoms with van der Waals surface area (Å²) in [4.78, 5) is 22.1. The summed E-state index contributed by atoms with van der Waals surface area (Å²) in [7, 11) is 0. The normalized spacial score (nSPS) is 10.2. The van der Waals surface area contributed by atoms with E-state index in [1.807, 2.05) is 31.2 Å². The molecule has 0 bridgehead atoms. The van der Waals surface area contributed by atoms with Crippen LogP contribution in [0.3, 0.4) is 0 Å². The van der Waals surface area contributed by atoms with Crippen molar-refractivity contribution in [3.05, 3.63) is 68.7 Å². The molecule has 0 radical (unpaired) electrons. The summed E-state index contributed by atoms with van der Waals surface area (Å²) in [5, 5.41) is 10.8. The average Bonchev–Trinajstić information content (AvgIpc) is 2.53. The molecule has 2 aromatic rings. The Kier molecular flexibility index (Phi) is 5.54. The van der Waals surface area contributed by atoms with E-state index in [0.29, 0.717) is 5.75 Å². The molecule has 120 valence electrons. The fourth-order valence-electron chi connectivity index (χ4n) is 1.87. The van der Waals surface area contributed by atoms with Crippen molar-refractivity contribution >= 4 is 23.3 Å². The zero-order valence-electron chi connectivity index (χ0n) is 12.3. The second-order valence-electron chi connectivity index (χ2n) is 4.67. The van der Waals surface area contributed by atoms with Crippen molar-refractivity contribution in [2.75, 3.05) is 13.2 Å². The lowest BCUT2D eigenvalue weighted by Crippen LogP contribution is -2.13. The minimum Gasteiger partial charge on any atom is -0.490 e. The molecule has 0 N–H and O–H groups in total. The fourth-order valence-corrected chi connectivity index (χ4v) is 2.06. The number of nitro benzene ring substituents is 1. The molecule has 0 spiro atoms. The summed E-state index contributed by atoms with van der Waals surface area (Å²) in [5.41, 5.74) is 0.704. The molecule has 0 saturated carbocycles. The van der Waals surface area contributed by atoms with Gasteiger partial charge in [0, 0.05) is 12.1 Å².